The van der Waals surface area contributed by atoms with Gasteiger partial charge in [0.1, 0.15) is 6.54 Å². The summed E-state index contributed by atoms with van der Waals surface area (Å²) in [6.45, 7) is 1.48. The summed E-state index contributed by atoms with van der Waals surface area (Å²) in [5.74, 6) is -1.01. The first-order valence-electron chi connectivity index (χ1n) is 5.07. The van der Waals surface area contributed by atoms with E-state index >= 15 is 0 Å². The molecular formula is C12H11NO3S. The number of nitrogens with zero attached hydrogens (tertiary/aromatic N) is 1. The van der Waals surface area contributed by atoms with Crippen LogP contribution >= 0.6 is 11.3 Å². The van der Waals surface area contributed by atoms with E-state index in [1.807, 2.05) is 30.3 Å². The second-order valence-corrected chi connectivity index (χ2v) is 4.59. The summed E-state index contributed by atoms with van der Waals surface area (Å²) in [5.41, 5.74) is 1.64. The highest BCUT2D eigenvalue weighted by molar-refractivity contribution is 7.13. The fourth-order valence-corrected chi connectivity index (χ4v) is 2.65. The van der Waals surface area contributed by atoms with Crippen LogP contribution < -0.4 is 4.87 Å². The molecule has 0 aliphatic carbocycles. The van der Waals surface area contributed by atoms with Crippen LogP contribution in [0.3, 0.4) is 0 Å². The van der Waals surface area contributed by atoms with Gasteiger partial charge in [-0.05, 0) is 12.5 Å². The van der Waals surface area contributed by atoms with Crippen molar-refractivity contribution in [1.29, 1.82) is 0 Å². The largest absolute Gasteiger partial charge is 0.480 e. The standard InChI is InChI=1S/C12H11NO3S/c1-8-11(9-5-3-2-4-6-9)17-12(16)13(8)7-10(14)15/h2-6H,7H2,1H3,(H,14,15). The van der Waals surface area contributed by atoms with Crippen LogP contribution in [-0.4, -0.2) is 15.6 Å². The lowest BCUT2D eigenvalue weighted by atomic mass is 10.1. The van der Waals surface area contributed by atoms with E-state index in [9.17, 15) is 9.59 Å². The molecule has 4 nitrogen and oxygen atoms in total. The molecule has 2 rings (SSSR count). The van der Waals surface area contributed by atoms with Crippen molar-refractivity contribution in [2.75, 3.05) is 0 Å². The Labute approximate surface area is 102 Å². The molecule has 0 fully saturated rings. The minimum atomic E-state index is -1.01. The highest BCUT2D eigenvalue weighted by Gasteiger charge is 2.14. The molecule has 1 aromatic heterocycles. The van der Waals surface area contributed by atoms with Crippen LogP contribution in [-0.2, 0) is 11.3 Å². The second-order valence-electron chi connectivity index (χ2n) is 3.63. The summed E-state index contributed by atoms with van der Waals surface area (Å²) in [6, 6.07) is 9.49. The molecule has 17 heavy (non-hydrogen) atoms. The van der Waals surface area contributed by atoms with Gasteiger partial charge in [-0.1, -0.05) is 41.7 Å². The Kier molecular flexibility index (Phi) is 3.10. The Morgan fingerprint density at radius 3 is 2.59 bits per heavy atom. The molecule has 0 amide bonds. The number of rotatable bonds is 3. The third-order valence-corrected chi connectivity index (χ3v) is 3.60. The number of carboxylic acids is 1. The van der Waals surface area contributed by atoms with E-state index in [0.717, 1.165) is 21.8 Å². The van der Waals surface area contributed by atoms with E-state index < -0.39 is 5.97 Å². The average Bonchev–Trinajstić information content (AvgIpc) is 2.58. The highest BCUT2D eigenvalue weighted by atomic mass is 32.1. The Hall–Kier alpha value is -1.88. The normalized spacial score (nSPS) is 10.4. The first-order chi connectivity index (χ1) is 8.09. The first kappa shape index (κ1) is 11.6. The zero-order valence-electron chi connectivity index (χ0n) is 9.21. The Bertz CT molecular complexity index is 598. The Morgan fingerprint density at radius 2 is 2.00 bits per heavy atom. The van der Waals surface area contributed by atoms with Crippen molar-refractivity contribution in [2.45, 2.75) is 13.5 Å². The smallest absolute Gasteiger partial charge is 0.323 e. The minimum absolute atomic E-state index is 0.233. The predicted octanol–water partition coefficient (Wildman–Crippen LogP) is 1.97. The third kappa shape index (κ3) is 2.29. The summed E-state index contributed by atoms with van der Waals surface area (Å²) in [5, 5.41) is 8.74. The number of benzene rings is 1. The summed E-state index contributed by atoms with van der Waals surface area (Å²) in [4.78, 5) is 22.9. The molecule has 5 heteroatoms. The van der Waals surface area contributed by atoms with Crippen LogP contribution in [0.4, 0.5) is 0 Å². The molecule has 0 unspecified atom stereocenters. The molecule has 0 saturated heterocycles. The van der Waals surface area contributed by atoms with E-state index in [2.05, 4.69) is 0 Å². The fraction of sp³-hybridized carbons (Fsp3) is 0.167. The van der Waals surface area contributed by atoms with Gasteiger partial charge in [0.2, 0.25) is 0 Å². The average molecular weight is 249 g/mol. The molecule has 0 atom stereocenters. The number of aliphatic carboxylic acids is 1. The zero-order chi connectivity index (χ0) is 12.4. The Morgan fingerprint density at radius 1 is 1.35 bits per heavy atom. The maximum Gasteiger partial charge on any atom is 0.323 e. The molecule has 0 radical (unpaired) electrons. The molecule has 0 aliphatic rings. The van der Waals surface area contributed by atoms with Gasteiger partial charge in [0.25, 0.3) is 0 Å². The molecule has 2 aromatic rings. The number of hydrogen-bond acceptors (Lipinski definition) is 3. The molecule has 0 bridgehead atoms. The van der Waals surface area contributed by atoms with Crippen molar-refractivity contribution in [3.05, 3.63) is 45.7 Å². The highest BCUT2D eigenvalue weighted by Crippen LogP contribution is 2.25. The monoisotopic (exact) mass is 249 g/mol. The summed E-state index contributed by atoms with van der Waals surface area (Å²) < 4.78 is 1.29. The first-order valence-corrected chi connectivity index (χ1v) is 5.88. The van der Waals surface area contributed by atoms with Gasteiger partial charge in [0, 0.05) is 5.69 Å². The minimum Gasteiger partial charge on any atom is -0.480 e. The van der Waals surface area contributed by atoms with Crippen LogP contribution in [0.2, 0.25) is 0 Å². The topological polar surface area (TPSA) is 59.3 Å². The maximum atomic E-state index is 11.7. The van der Waals surface area contributed by atoms with Crippen molar-refractivity contribution in [3.8, 4) is 10.4 Å². The van der Waals surface area contributed by atoms with E-state index in [1.54, 1.807) is 6.92 Å². The predicted molar refractivity (Wildman–Crippen MR) is 66.4 cm³/mol. The van der Waals surface area contributed by atoms with E-state index in [-0.39, 0.29) is 11.4 Å². The molecule has 0 spiro atoms. The molecule has 1 heterocycles. The van der Waals surface area contributed by atoms with Gasteiger partial charge >= 0.3 is 10.8 Å². The summed E-state index contributed by atoms with van der Waals surface area (Å²) in [6.07, 6.45) is 0. The van der Waals surface area contributed by atoms with Crippen LogP contribution in [0.25, 0.3) is 10.4 Å². The van der Waals surface area contributed by atoms with Crippen LogP contribution in [0, 0.1) is 6.92 Å². The van der Waals surface area contributed by atoms with Crippen molar-refractivity contribution in [2.24, 2.45) is 0 Å². The second kappa shape index (κ2) is 4.55. The molecular weight excluding hydrogens is 238 g/mol. The van der Waals surface area contributed by atoms with Gasteiger partial charge in [-0.3, -0.25) is 14.2 Å². The molecule has 1 N–H and O–H groups in total. The van der Waals surface area contributed by atoms with Gasteiger partial charge < -0.3 is 5.11 Å². The zero-order valence-corrected chi connectivity index (χ0v) is 10.0. The molecule has 0 aliphatic heterocycles. The van der Waals surface area contributed by atoms with Crippen LogP contribution in [0.15, 0.2) is 35.1 Å². The number of carbonyl (C=O) groups is 1. The van der Waals surface area contributed by atoms with Gasteiger partial charge in [-0.25, -0.2) is 0 Å². The lowest BCUT2D eigenvalue weighted by Crippen LogP contribution is -2.19. The number of carboxylic acid groups (broad SMARTS) is 1. The van der Waals surface area contributed by atoms with Crippen LogP contribution in [0.5, 0.6) is 0 Å². The number of hydrogen-bond donors (Lipinski definition) is 1. The quantitative estimate of drug-likeness (QED) is 0.904. The van der Waals surface area contributed by atoms with Crippen LogP contribution in [0.1, 0.15) is 5.69 Å². The van der Waals surface area contributed by atoms with Gasteiger partial charge in [0.15, 0.2) is 0 Å². The van der Waals surface area contributed by atoms with E-state index in [1.165, 1.54) is 4.57 Å². The SMILES string of the molecule is Cc1c(-c2ccccc2)sc(=O)n1CC(=O)O. The van der Waals surface area contributed by atoms with Gasteiger partial charge in [0.05, 0.1) is 4.88 Å². The van der Waals surface area contributed by atoms with E-state index in [4.69, 9.17) is 5.11 Å². The maximum absolute atomic E-state index is 11.7. The molecule has 1 aromatic carbocycles. The van der Waals surface area contributed by atoms with Crippen molar-refractivity contribution >= 4 is 17.3 Å². The van der Waals surface area contributed by atoms with Crippen molar-refractivity contribution in [1.82, 2.24) is 4.57 Å². The molecule has 88 valence electrons. The number of aromatic nitrogens is 1. The number of thiazole rings is 1. The summed E-state index contributed by atoms with van der Waals surface area (Å²) in [7, 11) is 0. The van der Waals surface area contributed by atoms with Gasteiger partial charge in [-0.2, -0.15) is 0 Å². The third-order valence-electron chi connectivity index (χ3n) is 2.47. The van der Waals surface area contributed by atoms with Gasteiger partial charge in [-0.15, -0.1) is 0 Å². The Balaban J connectivity index is 2.52. The van der Waals surface area contributed by atoms with Crippen molar-refractivity contribution < 1.29 is 9.90 Å². The van der Waals surface area contributed by atoms with Crippen molar-refractivity contribution in [3.63, 3.8) is 0 Å². The molecule has 0 saturated carbocycles. The summed E-state index contributed by atoms with van der Waals surface area (Å²) >= 11 is 1.08. The van der Waals surface area contributed by atoms with E-state index in [0.29, 0.717) is 5.69 Å². The lowest BCUT2D eigenvalue weighted by Gasteiger charge is -2.02. The fourth-order valence-electron chi connectivity index (χ4n) is 1.65. The lowest BCUT2D eigenvalue weighted by molar-refractivity contribution is -0.137.